The lowest BCUT2D eigenvalue weighted by Gasteiger charge is -2.33. The molecule has 1 saturated heterocycles. The van der Waals surface area contributed by atoms with Crippen LogP contribution in [-0.2, 0) is 4.79 Å². The highest BCUT2D eigenvalue weighted by Crippen LogP contribution is 2.24. The molecule has 1 heterocycles. The Kier molecular flexibility index (Phi) is 4.09. The molecule has 1 atom stereocenters. The van der Waals surface area contributed by atoms with E-state index in [0.29, 0.717) is 28.7 Å². The molecule has 102 valence electrons. The molecule has 1 aromatic rings. The number of rotatable bonds is 2. The Labute approximate surface area is 119 Å². The van der Waals surface area contributed by atoms with Crippen molar-refractivity contribution in [3.05, 3.63) is 28.2 Å². The maximum atomic E-state index is 12.4. The average Bonchev–Trinajstić information content (AvgIpc) is 2.41. The Morgan fingerprint density at radius 1 is 1.37 bits per heavy atom. The van der Waals surface area contributed by atoms with Crippen LogP contribution < -0.4 is 5.73 Å². The van der Waals surface area contributed by atoms with Gasteiger partial charge in [0, 0.05) is 22.3 Å². The second-order valence-electron chi connectivity index (χ2n) is 4.58. The monoisotopic (exact) mass is 326 g/mol. The van der Waals surface area contributed by atoms with Crippen LogP contribution in [0.1, 0.15) is 29.6 Å². The summed E-state index contributed by atoms with van der Waals surface area (Å²) in [6, 6.07) is 4.16. The van der Waals surface area contributed by atoms with Crippen molar-refractivity contribution in [1.82, 2.24) is 4.90 Å². The van der Waals surface area contributed by atoms with Gasteiger partial charge in [-0.15, -0.1) is 0 Å². The number of likely N-dealkylation sites (tertiary alicyclic amines) is 1. The van der Waals surface area contributed by atoms with Crippen LogP contribution in [0.25, 0.3) is 0 Å². The van der Waals surface area contributed by atoms with Gasteiger partial charge in [-0.25, -0.2) is 4.79 Å². The molecule has 1 unspecified atom stereocenters. The summed E-state index contributed by atoms with van der Waals surface area (Å²) in [4.78, 5) is 25.0. The van der Waals surface area contributed by atoms with Crippen LogP contribution >= 0.6 is 15.9 Å². The summed E-state index contributed by atoms with van der Waals surface area (Å²) >= 11 is 3.27. The van der Waals surface area contributed by atoms with E-state index in [9.17, 15) is 14.7 Å². The molecule has 0 aliphatic carbocycles. The van der Waals surface area contributed by atoms with Gasteiger partial charge in [0.25, 0.3) is 5.91 Å². The smallest absolute Gasteiger partial charge is 0.326 e. The lowest BCUT2D eigenvalue weighted by Crippen LogP contribution is -2.47. The summed E-state index contributed by atoms with van der Waals surface area (Å²) in [7, 11) is 0. The quantitative estimate of drug-likeness (QED) is 0.815. The molecule has 0 bridgehead atoms. The largest absolute Gasteiger partial charge is 0.480 e. The van der Waals surface area contributed by atoms with E-state index in [1.165, 1.54) is 4.90 Å². The van der Waals surface area contributed by atoms with Crippen molar-refractivity contribution >= 4 is 33.5 Å². The van der Waals surface area contributed by atoms with Crippen molar-refractivity contribution in [3.63, 3.8) is 0 Å². The van der Waals surface area contributed by atoms with E-state index in [-0.39, 0.29) is 5.91 Å². The molecule has 0 spiro atoms. The first-order valence-corrected chi connectivity index (χ1v) is 6.89. The zero-order chi connectivity index (χ0) is 14.0. The Hall–Kier alpha value is -1.56. The van der Waals surface area contributed by atoms with E-state index in [0.717, 1.165) is 12.8 Å². The van der Waals surface area contributed by atoms with E-state index in [4.69, 9.17) is 5.73 Å². The van der Waals surface area contributed by atoms with Gasteiger partial charge in [-0.2, -0.15) is 0 Å². The number of nitrogens with two attached hydrogens (primary N) is 1. The number of carbonyl (C=O) groups excluding carboxylic acids is 1. The number of hydrogen-bond acceptors (Lipinski definition) is 3. The number of hydrogen-bond donors (Lipinski definition) is 2. The molecule has 2 rings (SSSR count). The minimum Gasteiger partial charge on any atom is -0.480 e. The van der Waals surface area contributed by atoms with Gasteiger partial charge >= 0.3 is 5.97 Å². The number of nitrogens with zero attached hydrogens (tertiary/aromatic N) is 1. The summed E-state index contributed by atoms with van der Waals surface area (Å²) in [6.07, 6.45) is 2.19. The van der Waals surface area contributed by atoms with Crippen LogP contribution in [0.3, 0.4) is 0 Å². The lowest BCUT2D eigenvalue weighted by molar-refractivity contribution is -0.143. The summed E-state index contributed by atoms with van der Waals surface area (Å²) in [5.74, 6) is -1.20. The van der Waals surface area contributed by atoms with Crippen LogP contribution in [0.5, 0.6) is 0 Å². The van der Waals surface area contributed by atoms with Crippen molar-refractivity contribution in [1.29, 1.82) is 0 Å². The number of carboxylic acid groups (broad SMARTS) is 1. The molecular formula is C13H15BrN2O3. The number of anilines is 1. The number of halogens is 1. The minimum atomic E-state index is -0.942. The number of piperidine rings is 1. The Morgan fingerprint density at radius 3 is 2.74 bits per heavy atom. The van der Waals surface area contributed by atoms with Crippen molar-refractivity contribution in [2.45, 2.75) is 25.3 Å². The molecule has 19 heavy (non-hydrogen) atoms. The molecule has 1 aliphatic rings. The summed E-state index contributed by atoms with van der Waals surface area (Å²) in [5.41, 5.74) is 6.68. The van der Waals surface area contributed by atoms with Crippen molar-refractivity contribution < 1.29 is 14.7 Å². The summed E-state index contributed by atoms with van der Waals surface area (Å²) in [6.45, 7) is 0.484. The van der Waals surface area contributed by atoms with E-state index < -0.39 is 12.0 Å². The summed E-state index contributed by atoms with van der Waals surface area (Å²) < 4.78 is 0.641. The molecule has 6 heteroatoms. The fraction of sp³-hybridized carbons (Fsp3) is 0.385. The molecule has 0 saturated carbocycles. The molecule has 1 fully saturated rings. The third-order valence-electron chi connectivity index (χ3n) is 3.30. The van der Waals surface area contributed by atoms with Crippen LogP contribution in [-0.4, -0.2) is 34.5 Å². The van der Waals surface area contributed by atoms with Gasteiger partial charge in [0.15, 0.2) is 0 Å². The third kappa shape index (κ3) is 2.89. The number of nitrogen functional groups attached to an aromatic ring is 1. The second-order valence-corrected chi connectivity index (χ2v) is 5.44. The van der Waals surface area contributed by atoms with E-state index in [1.54, 1.807) is 18.2 Å². The molecule has 3 N–H and O–H groups in total. The predicted octanol–water partition coefficient (Wildman–Crippen LogP) is 2.11. The molecular weight excluding hydrogens is 312 g/mol. The van der Waals surface area contributed by atoms with Gasteiger partial charge in [-0.3, -0.25) is 4.79 Å². The Balaban J connectivity index is 2.26. The van der Waals surface area contributed by atoms with Gasteiger partial charge in [-0.05, 0) is 53.4 Å². The molecule has 1 aromatic carbocycles. The van der Waals surface area contributed by atoms with Crippen LogP contribution in [0.4, 0.5) is 5.69 Å². The molecule has 5 nitrogen and oxygen atoms in total. The molecule has 1 amide bonds. The van der Waals surface area contributed by atoms with E-state index in [1.807, 2.05) is 0 Å². The predicted molar refractivity (Wildman–Crippen MR) is 74.9 cm³/mol. The second kappa shape index (κ2) is 5.61. The van der Waals surface area contributed by atoms with Gasteiger partial charge in [0.05, 0.1) is 0 Å². The van der Waals surface area contributed by atoms with Gasteiger partial charge < -0.3 is 15.7 Å². The first-order chi connectivity index (χ1) is 9.00. The number of carbonyl (C=O) groups is 2. The molecule has 0 radical (unpaired) electrons. The standard InChI is InChI=1S/C13H15BrN2O3/c14-9-7-8(4-5-10(9)15)12(17)16-6-2-1-3-11(16)13(18)19/h4-5,7,11H,1-3,6,15H2,(H,18,19). The minimum absolute atomic E-state index is 0.257. The lowest BCUT2D eigenvalue weighted by atomic mass is 10.0. The first kappa shape index (κ1) is 13.9. The van der Waals surface area contributed by atoms with Crippen molar-refractivity contribution in [2.24, 2.45) is 0 Å². The van der Waals surface area contributed by atoms with E-state index >= 15 is 0 Å². The highest BCUT2D eigenvalue weighted by Gasteiger charge is 2.32. The maximum Gasteiger partial charge on any atom is 0.326 e. The van der Waals surface area contributed by atoms with Crippen LogP contribution in [0.15, 0.2) is 22.7 Å². The highest BCUT2D eigenvalue weighted by molar-refractivity contribution is 9.10. The third-order valence-corrected chi connectivity index (χ3v) is 3.98. The number of amides is 1. The fourth-order valence-electron chi connectivity index (χ4n) is 2.26. The first-order valence-electron chi connectivity index (χ1n) is 6.09. The Bertz CT molecular complexity index is 519. The molecule has 0 aromatic heterocycles. The fourth-order valence-corrected chi connectivity index (χ4v) is 2.64. The average molecular weight is 327 g/mol. The van der Waals surface area contributed by atoms with Crippen molar-refractivity contribution in [2.75, 3.05) is 12.3 Å². The summed E-state index contributed by atoms with van der Waals surface area (Å²) in [5, 5.41) is 9.18. The zero-order valence-electron chi connectivity index (χ0n) is 10.3. The van der Waals surface area contributed by atoms with Crippen molar-refractivity contribution in [3.8, 4) is 0 Å². The number of benzene rings is 1. The molecule has 1 aliphatic heterocycles. The number of carboxylic acids is 1. The van der Waals surface area contributed by atoms with Crippen LogP contribution in [0, 0.1) is 0 Å². The zero-order valence-corrected chi connectivity index (χ0v) is 11.9. The highest BCUT2D eigenvalue weighted by atomic mass is 79.9. The van der Waals surface area contributed by atoms with Crippen LogP contribution in [0.2, 0.25) is 0 Å². The SMILES string of the molecule is Nc1ccc(C(=O)N2CCCCC2C(=O)O)cc1Br. The van der Waals surface area contributed by atoms with Gasteiger partial charge in [-0.1, -0.05) is 0 Å². The maximum absolute atomic E-state index is 12.4. The topological polar surface area (TPSA) is 83.6 Å². The van der Waals surface area contributed by atoms with E-state index in [2.05, 4.69) is 15.9 Å². The number of aliphatic carboxylic acids is 1. The Morgan fingerprint density at radius 2 is 2.11 bits per heavy atom. The van der Waals surface area contributed by atoms with Gasteiger partial charge in [0.2, 0.25) is 0 Å². The normalized spacial score (nSPS) is 19.2. The van der Waals surface area contributed by atoms with Gasteiger partial charge in [0.1, 0.15) is 6.04 Å².